The Morgan fingerprint density at radius 3 is 2.62 bits per heavy atom. The van der Waals surface area contributed by atoms with E-state index in [-0.39, 0.29) is 22.6 Å². The first-order valence-electron chi connectivity index (χ1n) is 8.15. The van der Waals surface area contributed by atoms with E-state index in [0.29, 0.717) is 37.6 Å². The number of pyridine rings is 1. The van der Waals surface area contributed by atoms with E-state index in [1.165, 1.54) is 6.07 Å². The molecule has 0 saturated carbocycles. The molecule has 24 heavy (non-hydrogen) atoms. The van der Waals surface area contributed by atoms with Gasteiger partial charge in [0.25, 0.3) is 5.69 Å². The van der Waals surface area contributed by atoms with Gasteiger partial charge in [0.1, 0.15) is 11.5 Å². The minimum absolute atomic E-state index is 0.0634. The number of rotatable bonds is 5. The number of hydrogen-bond donors (Lipinski definition) is 0. The molecule has 2 heterocycles. The van der Waals surface area contributed by atoms with Crippen molar-refractivity contribution >= 4 is 17.6 Å². The van der Waals surface area contributed by atoms with E-state index in [2.05, 4.69) is 4.98 Å². The van der Waals surface area contributed by atoms with Gasteiger partial charge < -0.3 is 14.5 Å². The Balaban J connectivity index is 2.05. The lowest BCUT2D eigenvalue weighted by Gasteiger charge is -2.31. The maximum Gasteiger partial charge on any atom is 0.409 e. The highest BCUT2D eigenvalue weighted by Gasteiger charge is 2.26. The summed E-state index contributed by atoms with van der Waals surface area (Å²) in [5, 5.41) is 11.2. The molecule has 1 aliphatic rings. The number of likely N-dealkylation sites (tertiary alicyclic amines) is 1. The lowest BCUT2D eigenvalue weighted by atomic mass is 9.91. The molecule has 132 valence electrons. The number of carbonyl (C=O) groups excluding carboxylic acids is 1. The molecular weight excluding hydrogens is 312 g/mol. The lowest BCUT2D eigenvalue weighted by Crippen LogP contribution is -2.39. The number of aromatic nitrogens is 1. The van der Waals surface area contributed by atoms with E-state index in [9.17, 15) is 14.9 Å². The van der Waals surface area contributed by atoms with E-state index in [4.69, 9.17) is 4.74 Å². The van der Waals surface area contributed by atoms with Crippen molar-refractivity contribution in [3.05, 3.63) is 27.9 Å². The van der Waals surface area contributed by atoms with Crippen LogP contribution in [0.25, 0.3) is 0 Å². The van der Waals surface area contributed by atoms with Crippen LogP contribution in [0.4, 0.5) is 16.3 Å². The summed E-state index contributed by atoms with van der Waals surface area (Å²) in [6.45, 7) is 3.38. The largest absolute Gasteiger partial charge is 0.450 e. The van der Waals surface area contributed by atoms with Gasteiger partial charge in [-0.05, 0) is 38.2 Å². The normalized spacial score (nSPS) is 15.2. The van der Waals surface area contributed by atoms with Crippen LogP contribution >= 0.6 is 0 Å². The Labute approximate surface area is 141 Å². The topological polar surface area (TPSA) is 88.8 Å². The molecule has 1 amide bonds. The highest BCUT2D eigenvalue weighted by Crippen LogP contribution is 2.27. The fraction of sp³-hybridized carbons (Fsp3) is 0.625. The molecule has 1 aromatic rings. The second-order valence-corrected chi connectivity index (χ2v) is 6.12. The first kappa shape index (κ1) is 18.0. The van der Waals surface area contributed by atoms with Gasteiger partial charge in [-0.25, -0.2) is 9.78 Å². The third-order valence-electron chi connectivity index (χ3n) is 4.21. The number of anilines is 1. The molecule has 8 nitrogen and oxygen atoms in total. The number of amides is 1. The van der Waals surface area contributed by atoms with Crippen molar-refractivity contribution in [1.82, 2.24) is 9.88 Å². The second-order valence-electron chi connectivity index (χ2n) is 6.12. The van der Waals surface area contributed by atoms with Gasteiger partial charge in [-0.15, -0.1) is 0 Å². The van der Waals surface area contributed by atoms with Gasteiger partial charge in [0.2, 0.25) is 0 Å². The number of ether oxygens (including phenoxy) is 1. The van der Waals surface area contributed by atoms with E-state index in [0.717, 1.165) is 12.8 Å². The van der Waals surface area contributed by atoms with Crippen LogP contribution in [0.1, 0.15) is 25.5 Å². The van der Waals surface area contributed by atoms with Gasteiger partial charge >= 0.3 is 6.09 Å². The van der Waals surface area contributed by atoms with Gasteiger partial charge in [0, 0.05) is 33.3 Å². The standard InChI is InChI=1S/C16H24N4O4/c1-4-24-16(21)19-9-7-12(8-10-19)11-13-14(20(22)23)5-6-15(17-13)18(2)3/h5-6,12H,4,7-11H2,1-3H3. The molecule has 1 fully saturated rings. The molecule has 0 unspecified atom stereocenters. The number of carbonyl (C=O) groups is 1. The monoisotopic (exact) mass is 336 g/mol. The Morgan fingerprint density at radius 2 is 2.08 bits per heavy atom. The van der Waals surface area contributed by atoms with Gasteiger partial charge in [0.05, 0.1) is 11.5 Å². The average Bonchev–Trinajstić information content (AvgIpc) is 2.55. The van der Waals surface area contributed by atoms with Crippen molar-refractivity contribution in [2.45, 2.75) is 26.2 Å². The number of hydrogen-bond acceptors (Lipinski definition) is 6. The van der Waals surface area contributed by atoms with Crippen molar-refractivity contribution in [3.63, 3.8) is 0 Å². The molecule has 1 aromatic heterocycles. The molecule has 0 N–H and O–H groups in total. The predicted octanol–water partition coefficient (Wildman–Crippen LogP) is 2.47. The second kappa shape index (κ2) is 7.94. The minimum Gasteiger partial charge on any atom is -0.450 e. The summed E-state index contributed by atoms with van der Waals surface area (Å²) >= 11 is 0. The summed E-state index contributed by atoms with van der Waals surface area (Å²) in [6, 6.07) is 3.18. The van der Waals surface area contributed by atoms with Crippen molar-refractivity contribution in [1.29, 1.82) is 0 Å². The van der Waals surface area contributed by atoms with E-state index in [1.807, 2.05) is 19.0 Å². The number of piperidine rings is 1. The zero-order valence-electron chi connectivity index (χ0n) is 14.4. The molecule has 1 aliphatic heterocycles. The fourth-order valence-electron chi connectivity index (χ4n) is 2.86. The summed E-state index contributed by atoms with van der Waals surface area (Å²) in [6.07, 6.45) is 1.86. The molecule has 0 bridgehead atoms. The van der Waals surface area contributed by atoms with E-state index >= 15 is 0 Å². The fourth-order valence-corrected chi connectivity index (χ4v) is 2.86. The van der Waals surface area contributed by atoms with E-state index < -0.39 is 0 Å². The summed E-state index contributed by atoms with van der Waals surface area (Å²) < 4.78 is 5.01. The van der Waals surface area contributed by atoms with Crippen LogP contribution in [0.15, 0.2) is 12.1 Å². The van der Waals surface area contributed by atoms with Gasteiger partial charge in [-0.2, -0.15) is 0 Å². The molecular formula is C16H24N4O4. The van der Waals surface area contributed by atoms with Crippen molar-refractivity contribution in [2.75, 3.05) is 38.7 Å². The molecule has 0 radical (unpaired) electrons. The minimum atomic E-state index is -0.379. The van der Waals surface area contributed by atoms with Crippen LogP contribution in [-0.2, 0) is 11.2 Å². The van der Waals surface area contributed by atoms with Crippen molar-refractivity contribution in [3.8, 4) is 0 Å². The molecule has 0 aromatic carbocycles. The van der Waals surface area contributed by atoms with Crippen LogP contribution in [-0.4, -0.2) is 54.7 Å². The molecule has 2 rings (SSSR count). The third kappa shape index (κ3) is 4.33. The zero-order valence-corrected chi connectivity index (χ0v) is 14.4. The SMILES string of the molecule is CCOC(=O)N1CCC(Cc2nc(N(C)C)ccc2[N+](=O)[O-])CC1. The van der Waals surface area contributed by atoms with Crippen LogP contribution in [0.3, 0.4) is 0 Å². The van der Waals surface area contributed by atoms with Crippen LogP contribution in [0.5, 0.6) is 0 Å². The summed E-state index contributed by atoms with van der Waals surface area (Å²) in [4.78, 5) is 30.6. The first-order valence-corrected chi connectivity index (χ1v) is 8.15. The molecule has 0 aliphatic carbocycles. The molecule has 0 atom stereocenters. The Morgan fingerprint density at radius 1 is 1.42 bits per heavy atom. The molecule has 1 saturated heterocycles. The number of nitrogens with zero attached hydrogens (tertiary/aromatic N) is 4. The van der Waals surface area contributed by atoms with Crippen LogP contribution < -0.4 is 4.90 Å². The van der Waals surface area contributed by atoms with E-state index in [1.54, 1.807) is 17.9 Å². The highest BCUT2D eigenvalue weighted by atomic mass is 16.6. The van der Waals surface area contributed by atoms with Gasteiger partial charge in [-0.3, -0.25) is 10.1 Å². The lowest BCUT2D eigenvalue weighted by molar-refractivity contribution is -0.386. The predicted molar refractivity (Wildman–Crippen MR) is 90.2 cm³/mol. The molecule has 8 heteroatoms. The third-order valence-corrected chi connectivity index (χ3v) is 4.21. The van der Waals surface area contributed by atoms with Gasteiger partial charge in [-0.1, -0.05) is 0 Å². The average molecular weight is 336 g/mol. The zero-order chi connectivity index (χ0) is 17.7. The summed E-state index contributed by atoms with van der Waals surface area (Å²) in [5.74, 6) is 0.985. The maximum absolute atomic E-state index is 11.7. The Kier molecular flexibility index (Phi) is 5.94. The summed E-state index contributed by atoms with van der Waals surface area (Å²) in [7, 11) is 3.71. The maximum atomic E-state index is 11.7. The quantitative estimate of drug-likeness (QED) is 0.606. The van der Waals surface area contributed by atoms with Crippen molar-refractivity contribution in [2.24, 2.45) is 5.92 Å². The Bertz CT molecular complexity index is 598. The first-order chi connectivity index (χ1) is 11.4. The van der Waals surface area contributed by atoms with Crippen molar-refractivity contribution < 1.29 is 14.5 Å². The van der Waals surface area contributed by atoms with Gasteiger partial charge in [0.15, 0.2) is 0 Å². The number of nitro groups is 1. The molecule has 0 spiro atoms. The van der Waals surface area contributed by atoms with Crippen LogP contribution in [0, 0.1) is 16.0 Å². The van der Waals surface area contributed by atoms with Crippen LogP contribution in [0.2, 0.25) is 0 Å². The summed E-state index contributed by atoms with van der Waals surface area (Å²) in [5.41, 5.74) is 0.578. The highest BCUT2D eigenvalue weighted by molar-refractivity contribution is 5.67. The smallest absolute Gasteiger partial charge is 0.409 e. The Hall–Kier alpha value is -2.38.